The number of esters is 1. The lowest BCUT2D eigenvalue weighted by Crippen LogP contribution is -2.23. The molecule has 0 unspecified atom stereocenters. The maximum atomic E-state index is 14.0. The number of hydrogen-bond acceptors (Lipinski definition) is 6. The van der Waals surface area contributed by atoms with Gasteiger partial charge in [0.2, 0.25) is 0 Å². The highest BCUT2D eigenvalue weighted by molar-refractivity contribution is 6.53. The maximum absolute atomic E-state index is 14.0. The highest BCUT2D eigenvalue weighted by Crippen LogP contribution is 2.54. The standard InChI is InChI=1S/C40H30Cl6N2O4/c1-3-50-31-15-9-23(17-29(31)41)27(21-5-11-25(47)12-6-21)19-40(34-33(39(49)52-40)35(43)37(45)38(46)36(34)44)20-28(22-7-13-26(48)14-8-22)24-10-16-32(51-4-2)30(42)18-24/h5-20H,3-4,47-48H2,1-2H3/b27-19+,28-20+. The Morgan fingerprint density at radius 2 is 1.02 bits per heavy atom. The first-order chi connectivity index (χ1) is 24.9. The van der Waals surface area contributed by atoms with E-state index >= 15 is 0 Å². The summed E-state index contributed by atoms with van der Waals surface area (Å²) >= 11 is 40.5. The molecule has 266 valence electrons. The minimum atomic E-state index is -1.76. The van der Waals surface area contributed by atoms with Gasteiger partial charge in [0, 0.05) is 16.9 Å². The number of halogens is 6. The van der Waals surface area contributed by atoms with Gasteiger partial charge in [-0.1, -0.05) is 106 Å². The molecule has 0 saturated heterocycles. The van der Waals surface area contributed by atoms with E-state index in [1.165, 1.54) is 0 Å². The normalized spacial score (nSPS) is 15.7. The number of fused-ring (bicyclic) bond motifs is 1. The predicted molar refractivity (Wildman–Crippen MR) is 215 cm³/mol. The molecular formula is C40H30Cl6N2O4. The van der Waals surface area contributed by atoms with E-state index < -0.39 is 11.6 Å². The number of benzene rings is 5. The van der Waals surface area contributed by atoms with Crippen LogP contribution in [0.25, 0.3) is 11.1 Å². The van der Waals surface area contributed by atoms with Crippen molar-refractivity contribution in [2.75, 3.05) is 24.7 Å². The van der Waals surface area contributed by atoms with E-state index in [0.717, 1.165) is 0 Å². The number of carbonyl (C=O) groups is 1. The van der Waals surface area contributed by atoms with Gasteiger partial charge in [0.1, 0.15) is 11.5 Å². The molecule has 0 fully saturated rings. The number of nitrogen functional groups attached to an aromatic ring is 2. The van der Waals surface area contributed by atoms with Crippen LogP contribution < -0.4 is 20.9 Å². The first-order valence-electron chi connectivity index (χ1n) is 16.0. The molecule has 0 amide bonds. The van der Waals surface area contributed by atoms with Crippen LogP contribution >= 0.6 is 69.6 Å². The van der Waals surface area contributed by atoms with E-state index in [1.807, 2.05) is 50.2 Å². The highest BCUT2D eigenvalue weighted by atomic mass is 35.5. The molecule has 1 aliphatic heterocycles. The number of carbonyl (C=O) groups excluding carboxylic acids is 1. The summed E-state index contributed by atoms with van der Waals surface area (Å²) in [5.41, 5.74) is 15.7. The second-order valence-corrected chi connectivity index (χ2v) is 14.0. The summed E-state index contributed by atoms with van der Waals surface area (Å²) in [4.78, 5) is 14.0. The van der Waals surface area contributed by atoms with Crippen molar-refractivity contribution in [3.05, 3.63) is 161 Å². The summed E-state index contributed by atoms with van der Waals surface area (Å²) in [6.45, 7) is 4.58. The predicted octanol–water partition coefficient (Wildman–Crippen LogP) is 12.2. The van der Waals surface area contributed by atoms with E-state index in [9.17, 15) is 4.79 Å². The summed E-state index contributed by atoms with van der Waals surface area (Å²) in [7, 11) is 0. The van der Waals surface area contributed by atoms with E-state index in [4.69, 9.17) is 95.3 Å². The van der Waals surface area contributed by atoms with Gasteiger partial charge in [-0.2, -0.15) is 0 Å². The average Bonchev–Trinajstić information content (AvgIpc) is 3.42. The molecule has 12 heteroatoms. The van der Waals surface area contributed by atoms with Crippen molar-refractivity contribution in [2.45, 2.75) is 19.4 Å². The minimum absolute atomic E-state index is 0.0211. The fourth-order valence-corrected chi connectivity index (χ4v) is 7.54. The van der Waals surface area contributed by atoms with Crippen LogP contribution in [-0.2, 0) is 10.3 Å². The Hall–Kier alpha value is -4.01. The van der Waals surface area contributed by atoms with Gasteiger partial charge >= 0.3 is 5.97 Å². The van der Waals surface area contributed by atoms with E-state index in [1.54, 1.807) is 60.7 Å². The molecule has 6 rings (SSSR count). The first-order valence-corrected chi connectivity index (χ1v) is 18.3. The van der Waals surface area contributed by atoms with Crippen LogP contribution in [0.15, 0.2) is 97.1 Å². The van der Waals surface area contributed by atoms with Crippen LogP contribution in [0.4, 0.5) is 11.4 Å². The monoisotopic (exact) mass is 812 g/mol. The molecule has 6 nitrogen and oxygen atoms in total. The molecule has 0 spiro atoms. The zero-order valence-corrected chi connectivity index (χ0v) is 32.2. The van der Waals surface area contributed by atoms with Gasteiger partial charge < -0.3 is 25.7 Å². The Balaban J connectivity index is 1.75. The number of anilines is 2. The van der Waals surface area contributed by atoms with E-state index in [2.05, 4.69) is 0 Å². The van der Waals surface area contributed by atoms with Gasteiger partial charge in [-0.3, -0.25) is 0 Å². The van der Waals surface area contributed by atoms with Gasteiger partial charge in [0.25, 0.3) is 0 Å². The third-order valence-corrected chi connectivity index (χ3v) is 10.8. The van der Waals surface area contributed by atoms with Crippen molar-refractivity contribution < 1.29 is 19.0 Å². The Morgan fingerprint density at radius 3 is 1.42 bits per heavy atom. The molecule has 0 atom stereocenters. The molecular weight excluding hydrogens is 785 g/mol. The molecule has 5 aromatic rings. The second kappa shape index (κ2) is 15.5. The van der Waals surface area contributed by atoms with Crippen molar-refractivity contribution in [1.29, 1.82) is 0 Å². The fourth-order valence-electron chi connectivity index (χ4n) is 5.99. The van der Waals surface area contributed by atoms with Crippen LogP contribution in [0.3, 0.4) is 0 Å². The van der Waals surface area contributed by atoms with Gasteiger partial charge in [-0.05, 0) is 108 Å². The summed E-state index contributed by atoms with van der Waals surface area (Å²) < 4.78 is 17.9. The Morgan fingerprint density at radius 1 is 0.615 bits per heavy atom. The molecule has 1 heterocycles. The highest BCUT2D eigenvalue weighted by Gasteiger charge is 2.48. The zero-order valence-electron chi connectivity index (χ0n) is 27.7. The molecule has 0 aliphatic carbocycles. The topological polar surface area (TPSA) is 96.8 Å². The van der Waals surface area contributed by atoms with Crippen molar-refractivity contribution in [1.82, 2.24) is 0 Å². The maximum Gasteiger partial charge on any atom is 0.341 e. The van der Waals surface area contributed by atoms with Crippen molar-refractivity contribution in [3.63, 3.8) is 0 Å². The van der Waals surface area contributed by atoms with E-state index in [0.29, 0.717) is 79.5 Å². The third-order valence-electron chi connectivity index (χ3n) is 8.37. The number of cyclic esters (lactones) is 1. The van der Waals surface area contributed by atoms with Crippen molar-refractivity contribution in [2.24, 2.45) is 0 Å². The molecule has 0 radical (unpaired) electrons. The fraction of sp³-hybridized carbons (Fsp3) is 0.125. The average molecular weight is 815 g/mol. The largest absolute Gasteiger partial charge is 0.492 e. The first kappa shape index (κ1) is 37.7. The van der Waals surface area contributed by atoms with Crippen molar-refractivity contribution in [3.8, 4) is 11.5 Å². The molecule has 5 aromatic carbocycles. The number of nitrogens with two attached hydrogens (primary N) is 2. The number of hydrogen-bond donors (Lipinski definition) is 2. The summed E-state index contributed by atoms with van der Waals surface area (Å²) in [6.07, 6.45) is 3.54. The van der Waals surface area contributed by atoms with Crippen LogP contribution in [0.1, 0.15) is 52.0 Å². The smallest absolute Gasteiger partial charge is 0.341 e. The zero-order chi connectivity index (χ0) is 37.3. The lowest BCUT2D eigenvalue weighted by molar-refractivity contribution is 0.0300. The van der Waals surface area contributed by atoms with Crippen LogP contribution in [0.2, 0.25) is 30.1 Å². The Kier molecular flexibility index (Phi) is 11.3. The lowest BCUT2D eigenvalue weighted by atomic mass is 9.83. The van der Waals surface area contributed by atoms with Crippen LogP contribution in [0.5, 0.6) is 11.5 Å². The van der Waals surface area contributed by atoms with Gasteiger partial charge in [0.05, 0.1) is 48.9 Å². The lowest BCUT2D eigenvalue weighted by Gasteiger charge is -2.27. The van der Waals surface area contributed by atoms with Crippen LogP contribution in [0, 0.1) is 0 Å². The molecule has 1 aliphatic rings. The van der Waals surface area contributed by atoms with Crippen molar-refractivity contribution >= 4 is 98.1 Å². The van der Waals surface area contributed by atoms with E-state index in [-0.39, 0.29) is 31.2 Å². The summed E-state index contributed by atoms with van der Waals surface area (Å²) in [6, 6.07) is 25.2. The summed E-state index contributed by atoms with van der Waals surface area (Å²) in [5, 5.41) is 0.492. The molecule has 0 aromatic heterocycles. The minimum Gasteiger partial charge on any atom is -0.492 e. The molecule has 52 heavy (non-hydrogen) atoms. The molecule has 0 saturated carbocycles. The molecule has 0 bridgehead atoms. The Labute approximate surface area is 331 Å². The second-order valence-electron chi connectivity index (χ2n) is 11.7. The number of rotatable bonds is 10. The SMILES string of the molecule is CCOc1ccc(/C(=C/C2(/C=C(\c3ccc(N)cc3)c3ccc(OCC)c(Cl)c3)OC(=O)c3c(Cl)c(Cl)c(Cl)c(Cl)c32)c2ccc(N)cc2)cc1Cl. The quantitative estimate of drug-likeness (QED) is 0.0631. The number of ether oxygens (including phenoxy) is 3. The Bertz CT molecular complexity index is 2140. The third kappa shape index (κ3) is 7.29. The molecule has 4 N–H and O–H groups in total. The summed E-state index contributed by atoms with van der Waals surface area (Å²) in [5.74, 6) is 0.243. The van der Waals surface area contributed by atoms with Crippen LogP contribution in [-0.4, -0.2) is 19.2 Å². The van der Waals surface area contributed by atoms with Gasteiger partial charge in [-0.25, -0.2) is 4.79 Å². The van der Waals surface area contributed by atoms with Gasteiger partial charge in [0.15, 0.2) is 5.60 Å². The van der Waals surface area contributed by atoms with Gasteiger partial charge in [-0.15, -0.1) is 0 Å².